The number of benzene rings is 1. The topological polar surface area (TPSA) is 55.9 Å². The average Bonchev–Trinajstić information content (AvgIpc) is 2.50. The Hall–Kier alpha value is -1.43. The molecule has 1 unspecified atom stereocenters. The molecule has 0 radical (unpaired) electrons. The summed E-state index contributed by atoms with van der Waals surface area (Å²) in [7, 11) is 1.81. The number of halogens is 1. The van der Waals surface area contributed by atoms with Crippen molar-refractivity contribution < 1.29 is 10.2 Å². The zero-order valence-corrected chi connectivity index (χ0v) is 14.0. The van der Waals surface area contributed by atoms with E-state index in [4.69, 9.17) is 16.6 Å². The summed E-state index contributed by atoms with van der Waals surface area (Å²) < 4.78 is 1.69. The second-order valence-corrected chi connectivity index (χ2v) is 6.77. The van der Waals surface area contributed by atoms with Gasteiger partial charge < -0.3 is 10.2 Å². The fraction of sp³-hybridized carbons (Fsp3) is 0.500. The van der Waals surface area contributed by atoms with Gasteiger partial charge >= 0.3 is 0 Å². The van der Waals surface area contributed by atoms with Crippen LogP contribution < -0.4 is 15.8 Å². The van der Waals surface area contributed by atoms with E-state index >= 15 is 0 Å². The van der Waals surface area contributed by atoms with E-state index in [-0.39, 0.29) is 11.6 Å². The number of hydrogen-bond acceptors (Lipinski definition) is 2. The third-order valence-corrected chi connectivity index (χ3v) is 4.93. The van der Waals surface area contributed by atoms with Gasteiger partial charge in [0.05, 0.1) is 10.9 Å². The van der Waals surface area contributed by atoms with E-state index in [0.29, 0.717) is 22.0 Å². The summed E-state index contributed by atoms with van der Waals surface area (Å²) >= 11 is 6.05. The third kappa shape index (κ3) is 2.76. The quantitative estimate of drug-likeness (QED) is 0.783. The van der Waals surface area contributed by atoms with Gasteiger partial charge in [-0.3, -0.25) is 9.36 Å². The molecule has 0 spiro atoms. The number of aromatic nitrogens is 2. The molecule has 118 valence electrons. The summed E-state index contributed by atoms with van der Waals surface area (Å²) in [6.45, 7) is 7.71. The predicted molar refractivity (Wildman–Crippen MR) is 87.4 cm³/mol. The number of rotatable bonds is 2. The summed E-state index contributed by atoms with van der Waals surface area (Å²) in [4.78, 5) is 18.8. The Labute approximate surface area is 134 Å². The lowest BCUT2D eigenvalue weighted by molar-refractivity contribution is -0.979. The molecule has 3 N–H and O–H groups in total. The largest absolute Gasteiger partial charge is 0.335 e. The lowest BCUT2D eigenvalue weighted by Crippen LogP contribution is -3.22. The second kappa shape index (κ2) is 5.99. The summed E-state index contributed by atoms with van der Waals surface area (Å²) in [6.07, 6.45) is 0. The van der Waals surface area contributed by atoms with Crippen LogP contribution in [0.2, 0.25) is 5.02 Å². The van der Waals surface area contributed by atoms with E-state index in [1.807, 2.05) is 7.05 Å². The van der Waals surface area contributed by atoms with Crippen molar-refractivity contribution in [2.45, 2.75) is 25.9 Å². The number of nitrogens with zero attached hydrogens (tertiary/aromatic N) is 2. The van der Waals surface area contributed by atoms with E-state index in [9.17, 15) is 4.79 Å². The summed E-state index contributed by atoms with van der Waals surface area (Å²) in [5.74, 6) is 0.837. The van der Waals surface area contributed by atoms with Gasteiger partial charge in [-0.2, -0.15) is 0 Å². The van der Waals surface area contributed by atoms with Crippen molar-refractivity contribution in [3.05, 3.63) is 39.4 Å². The maximum atomic E-state index is 12.6. The molecule has 1 aliphatic heterocycles. The molecule has 1 aliphatic rings. The molecule has 0 amide bonds. The first-order valence-corrected chi connectivity index (χ1v) is 8.19. The van der Waals surface area contributed by atoms with Crippen LogP contribution in [0.15, 0.2) is 23.0 Å². The van der Waals surface area contributed by atoms with Crippen molar-refractivity contribution in [3.63, 3.8) is 0 Å². The first kappa shape index (κ1) is 15.5. The Morgan fingerprint density at radius 2 is 2.27 bits per heavy atom. The van der Waals surface area contributed by atoms with Gasteiger partial charge in [-0.15, -0.1) is 0 Å². The van der Waals surface area contributed by atoms with E-state index in [0.717, 1.165) is 25.5 Å². The van der Waals surface area contributed by atoms with Crippen LogP contribution in [-0.2, 0) is 7.05 Å². The maximum absolute atomic E-state index is 12.6. The van der Waals surface area contributed by atoms with E-state index in [2.05, 4.69) is 19.2 Å². The van der Waals surface area contributed by atoms with E-state index in [1.165, 1.54) is 4.90 Å². The number of fused-ring (bicyclic) bond motifs is 1. The second-order valence-electron chi connectivity index (χ2n) is 6.33. The lowest BCUT2D eigenvalue weighted by atomic mass is 10.1. The fourth-order valence-corrected chi connectivity index (χ4v) is 3.54. The van der Waals surface area contributed by atoms with Crippen LogP contribution in [0.5, 0.6) is 0 Å². The van der Waals surface area contributed by atoms with Crippen molar-refractivity contribution in [1.29, 1.82) is 0 Å². The molecule has 5 nitrogen and oxygen atoms in total. The average molecular weight is 323 g/mol. The molecule has 1 aromatic carbocycles. The number of piperazine rings is 1. The van der Waals surface area contributed by atoms with Crippen molar-refractivity contribution in [3.8, 4) is 0 Å². The van der Waals surface area contributed by atoms with Crippen LogP contribution >= 0.6 is 11.6 Å². The van der Waals surface area contributed by atoms with Crippen LogP contribution in [-0.4, -0.2) is 35.2 Å². The highest BCUT2D eigenvalue weighted by molar-refractivity contribution is 6.31. The van der Waals surface area contributed by atoms with E-state index in [1.54, 1.807) is 22.8 Å². The van der Waals surface area contributed by atoms with Gasteiger partial charge in [0.2, 0.25) is 0 Å². The number of nitrogens with one attached hydrogen (secondary N) is 1. The van der Waals surface area contributed by atoms with Gasteiger partial charge in [-0.1, -0.05) is 11.6 Å². The summed E-state index contributed by atoms with van der Waals surface area (Å²) in [5, 5.41) is 3.61. The minimum absolute atomic E-state index is 0.000429. The molecule has 0 bridgehead atoms. The Balaban J connectivity index is 2.06. The van der Waals surface area contributed by atoms with Crippen LogP contribution in [0.25, 0.3) is 10.9 Å². The molecule has 6 heteroatoms. The monoisotopic (exact) mass is 322 g/mol. The predicted octanol–water partition coefficient (Wildman–Crippen LogP) is -0.502. The highest BCUT2D eigenvalue weighted by atomic mass is 35.5. The molecule has 3 rings (SSSR count). The number of quaternary nitrogens is 2. The van der Waals surface area contributed by atoms with E-state index < -0.39 is 0 Å². The van der Waals surface area contributed by atoms with Crippen LogP contribution in [0, 0.1) is 0 Å². The standard InChI is InChI=1S/C16H21ClN4O/c1-10-9-21(7-6-18-10)11(2)15-19-14-8-12(17)4-5-13(14)16(22)20(15)3/h4-5,8,10-11,18H,6-7,9H2,1-3H3/p+2/t10-,11-/m0/s1. The van der Waals surface area contributed by atoms with Gasteiger partial charge in [0.25, 0.3) is 5.56 Å². The van der Waals surface area contributed by atoms with Crippen LogP contribution in [0.1, 0.15) is 25.7 Å². The smallest absolute Gasteiger partial charge is 0.261 e. The maximum Gasteiger partial charge on any atom is 0.261 e. The number of nitrogens with two attached hydrogens (primary N) is 1. The lowest BCUT2D eigenvalue weighted by Gasteiger charge is -2.31. The van der Waals surface area contributed by atoms with Crippen molar-refractivity contribution in [1.82, 2.24) is 9.55 Å². The SMILES string of the molecule is C[C@H]1C[NH+]([C@@H](C)c2nc3cc(Cl)ccc3c(=O)n2C)CC[NH2+]1. The molecule has 0 aliphatic carbocycles. The summed E-state index contributed by atoms with van der Waals surface area (Å²) in [5.41, 5.74) is 0.688. The molecule has 2 aromatic rings. The Morgan fingerprint density at radius 3 is 3.00 bits per heavy atom. The highest BCUT2D eigenvalue weighted by Gasteiger charge is 2.30. The molecule has 1 fully saturated rings. The Bertz CT molecular complexity index is 758. The van der Waals surface area contributed by atoms with Gasteiger partial charge in [0, 0.05) is 12.1 Å². The minimum atomic E-state index is -0.000429. The molecule has 22 heavy (non-hydrogen) atoms. The minimum Gasteiger partial charge on any atom is -0.335 e. The van der Waals surface area contributed by atoms with Gasteiger partial charge in [-0.05, 0) is 32.0 Å². The van der Waals surface area contributed by atoms with Crippen molar-refractivity contribution >= 4 is 22.5 Å². The Kier molecular flexibility index (Phi) is 4.21. The first-order valence-electron chi connectivity index (χ1n) is 7.81. The normalized spacial score (nSPS) is 23.6. The zero-order valence-electron chi connectivity index (χ0n) is 13.3. The molecule has 1 aromatic heterocycles. The van der Waals surface area contributed by atoms with Crippen LogP contribution in [0.4, 0.5) is 0 Å². The highest BCUT2D eigenvalue weighted by Crippen LogP contribution is 2.16. The van der Waals surface area contributed by atoms with Gasteiger partial charge in [0.1, 0.15) is 31.7 Å². The Morgan fingerprint density at radius 1 is 1.50 bits per heavy atom. The molecular formula is C16H23ClN4O+2. The van der Waals surface area contributed by atoms with Crippen molar-refractivity contribution in [2.24, 2.45) is 7.05 Å². The van der Waals surface area contributed by atoms with Crippen molar-refractivity contribution in [2.75, 3.05) is 19.6 Å². The molecule has 2 heterocycles. The molecular weight excluding hydrogens is 300 g/mol. The molecule has 3 atom stereocenters. The molecule has 0 saturated carbocycles. The number of hydrogen-bond donors (Lipinski definition) is 2. The van der Waals surface area contributed by atoms with Crippen LogP contribution in [0.3, 0.4) is 0 Å². The first-order chi connectivity index (χ1) is 10.5. The summed E-state index contributed by atoms with van der Waals surface area (Å²) in [6, 6.07) is 6.07. The van der Waals surface area contributed by atoms with Gasteiger partial charge in [-0.25, -0.2) is 4.98 Å². The van der Waals surface area contributed by atoms with Gasteiger partial charge in [0.15, 0.2) is 5.82 Å². The molecule has 1 saturated heterocycles. The zero-order chi connectivity index (χ0) is 15.9. The fourth-order valence-electron chi connectivity index (χ4n) is 3.38. The third-order valence-electron chi connectivity index (χ3n) is 4.69.